The predicted molar refractivity (Wildman–Crippen MR) is 117 cm³/mol. The van der Waals surface area contributed by atoms with Gasteiger partial charge in [0.1, 0.15) is 23.3 Å². The monoisotopic (exact) mass is 404 g/mol. The van der Waals surface area contributed by atoms with Gasteiger partial charge in [0.05, 0.1) is 0 Å². The Bertz CT molecular complexity index is 518. The fourth-order valence-electron chi connectivity index (χ4n) is 1.54. The summed E-state index contributed by atoms with van der Waals surface area (Å²) in [5.41, 5.74) is 1.40. The van der Waals surface area contributed by atoms with E-state index in [1.807, 2.05) is 55.4 Å². The van der Waals surface area contributed by atoms with Gasteiger partial charge in [-0.1, -0.05) is 55.4 Å². The molecule has 0 saturated heterocycles. The van der Waals surface area contributed by atoms with Crippen molar-refractivity contribution in [3.05, 3.63) is 69.8 Å². The van der Waals surface area contributed by atoms with Gasteiger partial charge in [-0.15, -0.1) is 0 Å². The summed E-state index contributed by atoms with van der Waals surface area (Å²) < 4.78 is 50.4. The van der Waals surface area contributed by atoms with Gasteiger partial charge in [-0.25, -0.2) is 17.6 Å². The highest BCUT2D eigenvalue weighted by Gasteiger charge is 2.03. The van der Waals surface area contributed by atoms with E-state index in [-0.39, 0.29) is 11.1 Å². The number of rotatable bonds is 0. The molecule has 28 heavy (non-hydrogen) atoms. The van der Waals surface area contributed by atoms with Crippen molar-refractivity contribution in [2.24, 2.45) is 0 Å². The Hall–Kier alpha value is -1.84. The van der Waals surface area contributed by atoms with Crippen molar-refractivity contribution in [1.29, 1.82) is 0 Å². The van der Waals surface area contributed by atoms with Crippen molar-refractivity contribution >= 4 is 0 Å². The maximum Gasteiger partial charge on any atom is 0.129 e. The van der Waals surface area contributed by atoms with Crippen molar-refractivity contribution in [2.75, 3.05) is 0 Å². The molecule has 0 aliphatic rings. The van der Waals surface area contributed by atoms with Gasteiger partial charge in [-0.2, -0.15) is 0 Å². The molecule has 0 fully saturated rings. The second-order valence-corrected chi connectivity index (χ2v) is 4.71. The van der Waals surface area contributed by atoms with Crippen molar-refractivity contribution < 1.29 is 17.6 Å². The van der Waals surface area contributed by atoms with Crippen LogP contribution in [0.25, 0.3) is 0 Å². The van der Waals surface area contributed by atoms with Crippen LogP contribution in [-0.4, -0.2) is 0 Å². The van der Waals surface area contributed by atoms with Gasteiger partial charge in [-0.05, 0) is 63.1 Å². The van der Waals surface area contributed by atoms with E-state index in [1.54, 1.807) is 13.8 Å². The third kappa shape index (κ3) is 14.2. The van der Waals surface area contributed by atoms with E-state index in [2.05, 4.69) is 0 Å². The molecular formula is C24H40F4. The highest BCUT2D eigenvalue weighted by molar-refractivity contribution is 5.24. The van der Waals surface area contributed by atoms with Crippen molar-refractivity contribution in [3.8, 4) is 0 Å². The Morgan fingerprint density at radius 1 is 0.393 bits per heavy atom. The smallest absolute Gasteiger partial charge is 0.129 e. The Morgan fingerprint density at radius 2 is 0.536 bits per heavy atom. The Labute approximate surface area is 171 Å². The summed E-state index contributed by atoms with van der Waals surface area (Å²) in [6, 6.07) is 5.27. The summed E-state index contributed by atoms with van der Waals surface area (Å²) in [6.45, 7) is 22.2. The molecule has 2 rings (SSSR count). The van der Waals surface area contributed by atoms with Gasteiger partial charge >= 0.3 is 0 Å². The first kappa shape index (κ1) is 33.7. The normalized spacial score (nSPS) is 8.00. The fourth-order valence-corrected chi connectivity index (χ4v) is 1.54. The van der Waals surface area contributed by atoms with E-state index in [4.69, 9.17) is 0 Å². The first-order valence-electron chi connectivity index (χ1n) is 10.1. The topological polar surface area (TPSA) is 0 Å². The first-order valence-corrected chi connectivity index (χ1v) is 10.1. The first-order chi connectivity index (χ1) is 13.2. The number of hydrogen-bond acceptors (Lipinski definition) is 0. The summed E-state index contributed by atoms with van der Waals surface area (Å²) >= 11 is 0. The van der Waals surface area contributed by atoms with Crippen LogP contribution < -0.4 is 0 Å². The third-order valence-corrected chi connectivity index (χ3v) is 2.85. The SMILES string of the molecule is CC.CC.CC.CC.Cc1cc(F)c(C)c(F)c1.Cc1cc(F)c(C)c(F)c1. The van der Waals surface area contributed by atoms with E-state index < -0.39 is 23.3 Å². The molecule has 0 nitrogen and oxygen atoms in total. The van der Waals surface area contributed by atoms with Crippen LogP contribution in [0.4, 0.5) is 17.6 Å². The van der Waals surface area contributed by atoms with E-state index >= 15 is 0 Å². The molecule has 0 spiro atoms. The quantitative estimate of drug-likeness (QED) is 0.384. The summed E-state index contributed by atoms with van der Waals surface area (Å²) in [5.74, 6) is -1.90. The van der Waals surface area contributed by atoms with E-state index in [1.165, 1.54) is 38.1 Å². The molecule has 0 aromatic heterocycles. The molecule has 0 saturated carbocycles. The predicted octanol–water partition coefficient (Wildman–Crippen LogP) is 9.27. The average molecular weight is 405 g/mol. The molecular weight excluding hydrogens is 364 g/mol. The van der Waals surface area contributed by atoms with E-state index in [9.17, 15) is 17.6 Å². The van der Waals surface area contributed by atoms with Crippen LogP contribution in [0, 0.1) is 51.0 Å². The van der Waals surface area contributed by atoms with Gasteiger partial charge in [0, 0.05) is 11.1 Å². The lowest BCUT2D eigenvalue weighted by molar-refractivity contribution is 0.565. The molecule has 0 N–H and O–H groups in total. The molecule has 164 valence electrons. The highest BCUT2D eigenvalue weighted by atomic mass is 19.1. The highest BCUT2D eigenvalue weighted by Crippen LogP contribution is 2.13. The summed E-state index contributed by atoms with van der Waals surface area (Å²) in [5, 5.41) is 0. The lowest BCUT2D eigenvalue weighted by Gasteiger charge is -1.98. The Balaban J connectivity index is -0.000000152. The molecule has 2 aromatic carbocycles. The standard InChI is InChI=1S/2C8H8F2.4C2H6/c2*1-5-3-7(9)6(2)8(10)4-5;4*1-2/h2*3-4H,1-2H3;4*1-2H3. The molecule has 0 aliphatic heterocycles. The van der Waals surface area contributed by atoms with Crippen LogP contribution in [0.5, 0.6) is 0 Å². The minimum atomic E-state index is -0.475. The molecule has 0 bridgehead atoms. The maximum absolute atomic E-state index is 12.6. The minimum absolute atomic E-state index is 0.0885. The molecule has 0 heterocycles. The van der Waals surface area contributed by atoms with E-state index in [0.29, 0.717) is 11.1 Å². The second kappa shape index (κ2) is 21.5. The maximum atomic E-state index is 12.6. The lowest BCUT2D eigenvalue weighted by Crippen LogP contribution is -1.89. The lowest BCUT2D eigenvalue weighted by atomic mass is 10.1. The molecule has 0 radical (unpaired) electrons. The van der Waals surface area contributed by atoms with E-state index in [0.717, 1.165) is 0 Å². The van der Waals surface area contributed by atoms with Gasteiger partial charge in [-0.3, -0.25) is 0 Å². The van der Waals surface area contributed by atoms with Crippen LogP contribution >= 0.6 is 0 Å². The number of aryl methyl sites for hydroxylation is 2. The van der Waals surface area contributed by atoms with Crippen molar-refractivity contribution in [3.63, 3.8) is 0 Å². The zero-order chi connectivity index (χ0) is 23.4. The zero-order valence-electron chi connectivity index (χ0n) is 19.8. The van der Waals surface area contributed by atoms with Gasteiger partial charge in [0.15, 0.2) is 0 Å². The average Bonchev–Trinajstić information content (AvgIpc) is 2.71. The Morgan fingerprint density at radius 3 is 0.679 bits per heavy atom. The van der Waals surface area contributed by atoms with Crippen molar-refractivity contribution in [1.82, 2.24) is 0 Å². The molecule has 0 unspecified atom stereocenters. The summed E-state index contributed by atoms with van der Waals surface area (Å²) in [7, 11) is 0. The van der Waals surface area contributed by atoms with Gasteiger partial charge in [0.2, 0.25) is 0 Å². The minimum Gasteiger partial charge on any atom is -0.207 e. The number of halogens is 4. The van der Waals surface area contributed by atoms with Crippen LogP contribution in [0.15, 0.2) is 24.3 Å². The summed E-state index contributed by atoms with van der Waals surface area (Å²) in [4.78, 5) is 0. The zero-order valence-corrected chi connectivity index (χ0v) is 19.8. The molecule has 4 heteroatoms. The van der Waals surface area contributed by atoms with Gasteiger partial charge < -0.3 is 0 Å². The molecule has 0 amide bonds. The van der Waals surface area contributed by atoms with Gasteiger partial charge in [0.25, 0.3) is 0 Å². The summed E-state index contributed by atoms with van der Waals surface area (Å²) in [6.07, 6.45) is 0. The molecule has 0 atom stereocenters. The molecule has 2 aromatic rings. The second-order valence-electron chi connectivity index (χ2n) is 4.71. The van der Waals surface area contributed by atoms with Crippen LogP contribution in [0.3, 0.4) is 0 Å². The Kier molecular flexibility index (Phi) is 25.8. The largest absolute Gasteiger partial charge is 0.207 e. The number of benzene rings is 2. The van der Waals surface area contributed by atoms with Crippen molar-refractivity contribution in [2.45, 2.75) is 83.1 Å². The molecule has 0 aliphatic carbocycles. The van der Waals surface area contributed by atoms with Crippen LogP contribution in [0.2, 0.25) is 0 Å². The van der Waals surface area contributed by atoms with Crippen LogP contribution in [-0.2, 0) is 0 Å². The number of hydrogen-bond donors (Lipinski definition) is 0. The fraction of sp³-hybridized carbons (Fsp3) is 0.500. The third-order valence-electron chi connectivity index (χ3n) is 2.85. The van der Waals surface area contributed by atoms with Crippen LogP contribution in [0.1, 0.15) is 77.6 Å².